The molecule has 2 aromatic heterocycles. The first-order valence-corrected chi connectivity index (χ1v) is 11.0. The van der Waals surface area contributed by atoms with Crippen LogP contribution in [-0.2, 0) is 16.0 Å². The molecule has 3 aromatic rings. The van der Waals surface area contributed by atoms with Crippen LogP contribution in [0.1, 0.15) is 61.1 Å². The van der Waals surface area contributed by atoms with Crippen LogP contribution in [0.3, 0.4) is 0 Å². The van der Waals surface area contributed by atoms with Gasteiger partial charge in [0.2, 0.25) is 5.91 Å². The van der Waals surface area contributed by atoms with E-state index in [1.807, 2.05) is 47.6 Å². The largest absolute Gasteiger partial charge is 0.461 e. The maximum atomic E-state index is 12.8. The van der Waals surface area contributed by atoms with Crippen molar-refractivity contribution in [1.29, 1.82) is 0 Å². The number of aryl methyl sites for hydroxylation is 4. The predicted molar refractivity (Wildman–Crippen MR) is 121 cm³/mol. The number of furan rings is 1. The fraction of sp³-hybridized carbons (Fsp3) is 0.520. The van der Waals surface area contributed by atoms with Gasteiger partial charge in [-0.05, 0) is 78.0 Å². The van der Waals surface area contributed by atoms with Gasteiger partial charge in [-0.3, -0.25) is 4.79 Å². The van der Waals surface area contributed by atoms with Crippen LogP contribution in [0.2, 0.25) is 0 Å². The summed E-state index contributed by atoms with van der Waals surface area (Å²) in [6, 6.07) is 2.14. The Morgan fingerprint density at radius 2 is 1.74 bits per heavy atom. The number of amides is 1. The molecule has 0 saturated carbocycles. The lowest BCUT2D eigenvalue weighted by Gasteiger charge is -2.35. The number of hydrogen-bond acceptors (Lipinski definition) is 5. The topological polar surface area (TPSA) is 81.7 Å². The van der Waals surface area contributed by atoms with E-state index in [4.69, 9.17) is 13.6 Å². The van der Waals surface area contributed by atoms with Crippen molar-refractivity contribution in [1.82, 2.24) is 5.32 Å². The van der Waals surface area contributed by atoms with Gasteiger partial charge in [-0.25, -0.2) is 4.79 Å². The molecule has 4 rings (SSSR count). The summed E-state index contributed by atoms with van der Waals surface area (Å²) in [4.78, 5) is 25.3. The second kappa shape index (κ2) is 7.83. The van der Waals surface area contributed by atoms with Crippen molar-refractivity contribution >= 4 is 27.8 Å². The predicted octanol–water partition coefficient (Wildman–Crippen LogP) is 4.78. The van der Waals surface area contributed by atoms with E-state index in [-0.39, 0.29) is 29.6 Å². The highest BCUT2D eigenvalue weighted by molar-refractivity contribution is 6.00. The van der Waals surface area contributed by atoms with Gasteiger partial charge < -0.3 is 18.9 Å². The van der Waals surface area contributed by atoms with Crippen LogP contribution in [-0.4, -0.2) is 24.2 Å². The van der Waals surface area contributed by atoms with Crippen LogP contribution in [0, 0.1) is 27.7 Å². The van der Waals surface area contributed by atoms with Crippen LogP contribution in [0.5, 0.6) is 0 Å². The smallest absolute Gasteiger partial charge is 0.339 e. The third kappa shape index (κ3) is 4.01. The number of carbonyl (C=O) groups excluding carboxylic acids is 1. The zero-order chi connectivity index (χ0) is 22.5. The lowest BCUT2D eigenvalue weighted by molar-refractivity contribution is -0.124. The molecule has 0 aliphatic carbocycles. The standard InChI is InChI=1S/C25H31NO5/c1-13-16(4)30-22-15(3)23-20(11-19(13)22)14(2)18(24(28)31-23)7-8-21(27)26-17-9-10-29-25(5,6)12-17/h11,17H,7-10,12H2,1-6H3,(H,26,27)/t17-/m0/s1. The number of ether oxygens (including phenoxy) is 1. The van der Waals surface area contributed by atoms with Crippen molar-refractivity contribution in [2.75, 3.05) is 6.61 Å². The first-order valence-electron chi connectivity index (χ1n) is 11.0. The van der Waals surface area contributed by atoms with Crippen molar-refractivity contribution in [2.24, 2.45) is 0 Å². The van der Waals surface area contributed by atoms with Crippen LogP contribution >= 0.6 is 0 Å². The Kier molecular flexibility index (Phi) is 5.46. The number of fused-ring (bicyclic) bond motifs is 2. The van der Waals surface area contributed by atoms with Gasteiger partial charge in [-0.1, -0.05) is 0 Å². The molecule has 0 unspecified atom stereocenters. The molecular weight excluding hydrogens is 394 g/mol. The Bertz CT molecular complexity index is 1230. The van der Waals surface area contributed by atoms with E-state index in [0.29, 0.717) is 24.2 Å². The summed E-state index contributed by atoms with van der Waals surface area (Å²) < 4.78 is 17.3. The molecule has 0 spiro atoms. The summed E-state index contributed by atoms with van der Waals surface area (Å²) >= 11 is 0. The molecule has 1 aliphatic rings. The van der Waals surface area contributed by atoms with Gasteiger partial charge in [0.05, 0.1) is 5.60 Å². The van der Waals surface area contributed by atoms with Gasteiger partial charge in [-0.15, -0.1) is 0 Å². The van der Waals surface area contributed by atoms with Gasteiger partial charge in [0.1, 0.15) is 16.9 Å². The van der Waals surface area contributed by atoms with Crippen molar-refractivity contribution in [3.05, 3.63) is 44.5 Å². The molecule has 1 fully saturated rings. The van der Waals surface area contributed by atoms with E-state index in [9.17, 15) is 9.59 Å². The molecule has 1 aliphatic heterocycles. The Morgan fingerprint density at radius 1 is 1.06 bits per heavy atom. The average molecular weight is 426 g/mol. The fourth-order valence-corrected chi connectivity index (χ4v) is 4.67. The van der Waals surface area contributed by atoms with Crippen LogP contribution in [0.25, 0.3) is 21.9 Å². The van der Waals surface area contributed by atoms with Crippen LogP contribution < -0.4 is 10.9 Å². The Morgan fingerprint density at radius 3 is 2.45 bits per heavy atom. The van der Waals surface area contributed by atoms with E-state index in [1.165, 1.54) is 0 Å². The van der Waals surface area contributed by atoms with Crippen LogP contribution in [0.4, 0.5) is 0 Å². The first-order chi connectivity index (χ1) is 14.6. The minimum Gasteiger partial charge on any atom is -0.461 e. The molecular formula is C25H31NO5. The quantitative estimate of drug-likeness (QED) is 0.609. The van der Waals surface area contributed by atoms with Crippen molar-refractivity contribution in [3.8, 4) is 0 Å². The average Bonchev–Trinajstić information content (AvgIpc) is 2.97. The fourth-order valence-electron chi connectivity index (χ4n) is 4.67. The van der Waals surface area contributed by atoms with Gasteiger partial charge in [0, 0.05) is 41.0 Å². The molecule has 0 bridgehead atoms. The summed E-state index contributed by atoms with van der Waals surface area (Å²) in [5.41, 5.74) is 4.06. The lowest BCUT2D eigenvalue weighted by atomic mass is 9.93. The summed E-state index contributed by atoms with van der Waals surface area (Å²) in [5.74, 6) is 0.816. The van der Waals surface area contributed by atoms with E-state index < -0.39 is 0 Å². The second-order valence-corrected chi connectivity index (χ2v) is 9.40. The van der Waals surface area contributed by atoms with E-state index in [2.05, 4.69) is 5.32 Å². The zero-order valence-corrected chi connectivity index (χ0v) is 19.2. The minimum absolute atomic E-state index is 0.0467. The van der Waals surface area contributed by atoms with Gasteiger partial charge >= 0.3 is 5.63 Å². The maximum Gasteiger partial charge on any atom is 0.339 e. The molecule has 1 amide bonds. The third-order valence-electron chi connectivity index (χ3n) is 6.61. The normalized spacial score (nSPS) is 18.6. The Balaban J connectivity index is 1.59. The molecule has 1 N–H and O–H groups in total. The highest BCUT2D eigenvalue weighted by atomic mass is 16.5. The molecule has 1 saturated heterocycles. The number of benzene rings is 1. The first kappa shape index (κ1) is 21.6. The number of hydrogen-bond donors (Lipinski definition) is 1. The number of carbonyl (C=O) groups is 1. The highest BCUT2D eigenvalue weighted by Crippen LogP contribution is 2.34. The monoisotopic (exact) mass is 425 g/mol. The lowest BCUT2D eigenvalue weighted by Crippen LogP contribution is -2.45. The summed E-state index contributed by atoms with van der Waals surface area (Å²) in [5, 5.41) is 5.03. The van der Waals surface area contributed by atoms with Gasteiger partial charge in [0.25, 0.3) is 0 Å². The molecule has 31 heavy (non-hydrogen) atoms. The zero-order valence-electron chi connectivity index (χ0n) is 19.2. The van der Waals surface area contributed by atoms with Crippen molar-refractivity contribution in [2.45, 2.75) is 78.9 Å². The van der Waals surface area contributed by atoms with E-state index >= 15 is 0 Å². The molecule has 6 heteroatoms. The van der Waals surface area contributed by atoms with Gasteiger partial charge in [-0.2, -0.15) is 0 Å². The number of rotatable bonds is 4. The molecule has 1 atom stereocenters. The maximum absolute atomic E-state index is 12.8. The minimum atomic E-state index is -0.382. The van der Waals surface area contributed by atoms with Crippen LogP contribution in [0.15, 0.2) is 19.7 Å². The second-order valence-electron chi connectivity index (χ2n) is 9.40. The Hall–Kier alpha value is -2.60. The summed E-state index contributed by atoms with van der Waals surface area (Å²) in [6.45, 7) is 12.5. The van der Waals surface area contributed by atoms with Crippen molar-refractivity contribution < 1.29 is 18.4 Å². The van der Waals surface area contributed by atoms with E-state index in [1.54, 1.807) is 0 Å². The van der Waals surface area contributed by atoms with Crippen molar-refractivity contribution in [3.63, 3.8) is 0 Å². The third-order valence-corrected chi connectivity index (χ3v) is 6.61. The highest BCUT2D eigenvalue weighted by Gasteiger charge is 2.29. The molecule has 3 heterocycles. The number of nitrogens with one attached hydrogen (secondary N) is 1. The molecule has 166 valence electrons. The molecule has 0 radical (unpaired) electrons. The summed E-state index contributed by atoms with van der Waals surface area (Å²) in [6.07, 6.45) is 2.20. The molecule has 6 nitrogen and oxygen atoms in total. The SMILES string of the molecule is Cc1oc2c(C)c3oc(=O)c(CCC(=O)N[C@H]4CCOC(C)(C)C4)c(C)c3cc2c1C. The Labute approximate surface area is 181 Å². The van der Waals surface area contributed by atoms with Gasteiger partial charge in [0.15, 0.2) is 0 Å². The molecule has 1 aromatic carbocycles. The van der Waals surface area contributed by atoms with E-state index in [0.717, 1.165) is 51.6 Å². The summed E-state index contributed by atoms with van der Waals surface area (Å²) in [7, 11) is 0.